The van der Waals surface area contributed by atoms with Gasteiger partial charge in [-0.3, -0.25) is 0 Å². The third-order valence-corrected chi connectivity index (χ3v) is 4.13. The molecule has 2 aromatic carbocycles. The quantitative estimate of drug-likeness (QED) is 0.939. The molecule has 23 heavy (non-hydrogen) atoms. The second-order valence-corrected chi connectivity index (χ2v) is 5.45. The van der Waals surface area contributed by atoms with E-state index in [-0.39, 0.29) is 11.7 Å². The number of phenols is 1. The van der Waals surface area contributed by atoms with E-state index < -0.39 is 0 Å². The molecule has 2 aromatic rings. The molecular weight excluding hydrogens is 296 g/mol. The van der Waals surface area contributed by atoms with E-state index in [1.54, 1.807) is 33.5 Å². The first-order valence-electron chi connectivity index (χ1n) is 7.40. The average Bonchev–Trinajstić information content (AvgIpc) is 2.59. The molecule has 5 heteroatoms. The normalized spacial score (nSPS) is 16.2. The zero-order valence-electron chi connectivity index (χ0n) is 13.5. The molecule has 0 aromatic heterocycles. The lowest BCUT2D eigenvalue weighted by Gasteiger charge is -2.27. The number of rotatable bonds is 4. The lowest BCUT2D eigenvalue weighted by Crippen LogP contribution is -2.19. The molecule has 1 aliphatic heterocycles. The summed E-state index contributed by atoms with van der Waals surface area (Å²) in [7, 11) is 4.85. The predicted molar refractivity (Wildman–Crippen MR) is 86.1 cm³/mol. The largest absolute Gasteiger partial charge is 0.508 e. The van der Waals surface area contributed by atoms with Crippen LogP contribution in [-0.4, -0.2) is 33.0 Å². The molecule has 0 spiro atoms. The van der Waals surface area contributed by atoms with Gasteiger partial charge in [0.15, 0.2) is 11.5 Å². The smallest absolute Gasteiger partial charge is 0.164 e. The molecular formula is C18H20O5. The van der Waals surface area contributed by atoms with Gasteiger partial charge in [0.05, 0.1) is 27.9 Å². The SMILES string of the molecule is COc1cc(OC)c(C2COc3cc(O)ccc3C2)cc1OC. The third-order valence-electron chi connectivity index (χ3n) is 4.13. The minimum absolute atomic E-state index is 0.141. The fourth-order valence-corrected chi connectivity index (χ4v) is 2.93. The highest BCUT2D eigenvalue weighted by Gasteiger charge is 2.26. The molecule has 5 nitrogen and oxygen atoms in total. The zero-order chi connectivity index (χ0) is 16.4. The van der Waals surface area contributed by atoms with Gasteiger partial charge in [0.1, 0.15) is 17.2 Å². The van der Waals surface area contributed by atoms with Crippen LogP contribution in [0, 0.1) is 0 Å². The minimum Gasteiger partial charge on any atom is -0.508 e. The van der Waals surface area contributed by atoms with Crippen LogP contribution in [0.3, 0.4) is 0 Å². The Labute approximate surface area is 135 Å². The highest BCUT2D eigenvalue weighted by Crippen LogP contribution is 2.42. The molecule has 0 fully saturated rings. The highest BCUT2D eigenvalue weighted by molar-refractivity contribution is 5.53. The summed E-state index contributed by atoms with van der Waals surface area (Å²) in [4.78, 5) is 0. The van der Waals surface area contributed by atoms with Crippen molar-refractivity contribution in [1.82, 2.24) is 0 Å². The van der Waals surface area contributed by atoms with Gasteiger partial charge in [-0.25, -0.2) is 0 Å². The number of hydrogen-bond donors (Lipinski definition) is 1. The van der Waals surface area contributed by atoms with Crippen molar-refractivity contribution in [2.45, 2.75) is 12.3 Å². The fraction of sp³-hybridized carbons (Fsp3) is 0.333. The Hall–Kier alpha value is -2.56. The highest BCUT2D eigenvalue weighted by atomic mass is 16.5. The first-order valence-corrected chi connectivity index (χ1v) is 7.40. The molecule has 0 saturated carbocycles. The monoisotopic (exact) mass is 316 g/mol. The van der Waals surface area contributed by atoms with E-state index in [1.165, 1.54) is 0 Å². The molecule has 0 amide bonds. The van der Waals surface area contributed by atoms with Crippen molar-refractivity contribution in [2.75, 3.05) is 27.9 Å². The van der Waals surface area contributed by atoms with E-state index in [2.05, 4.69) is 0 Å². The first kappa shape index (κ1) is 15.3. The van der Waals surface area contributed by atoms with Crippen molar-refractivity contribution in [2.24, 2.45) is 0 Å². The average molecular weight is 316 g/mol. The zero-order valence-corrected chi connectivity index (χ0v) is 13.5. The van der Waals surface area contributed by atoms with Crippen molar-refractivity contribution in [3.8, 4) is 28.7 Å². The van der Waals surface area contributed by atoms with Crippen LogP contribution < -0.4 is 18.9 Å². The van der Waals surface area contributed by atoms with Crippen molar-refractivity contribution >= 4 is 0 Å². The summed E-state index contributed by atoms with van der Waals surface area (Å²) >= 11 is 0. The van der Waals surface area contributed by atoms with Gasteiger partial charge in [0.25, 0.3) is 0 Å². The number of phenolic OH excluding ortho intramolecular Hbond substituents is 1. The van der Waals surface area contributed by atoms with Gasteiger partial charge >= 0.3 is 0 Å². The Morgan fingerprint density at radius 2 is 1.65 bits per heavy atom. The van der Waals surface area contributed by atoms with E-state index in [0.29, 0.717) is 18.1 Å². The van der Waals surface area contributed by atoms with Gasteiger partial charge in [-0.15, -0.1) is 0 Å². The molecule has 1 N–H and O–H groups in total. The van der Waals surface area contributed by atoms with E-state index in [0.717, 1.165) is 29.0 Å². The summed E-state index contributed by atoms with van der Waals surface area (Å²) < 4.78 is 22.1. The summed E-state index contributed by atoms with van der Waals surface area (Å²) in [5.41, 5.74) is 2.08. The summed E-state index contributed by atoms with van der Waals surface area (Å²) in [6.07, 6.45) is 0.807. The molecule has 0 saturated heterocycles. The molecule has 1 heterocycles. The van der Waals surface area contributed by atoms with Crippen molar-refractivity contribution in [1.29, 1.82) is 0 Å². The number of methoxy groups -OCH3 is 3. The van der Waals surface area contributed by atoms with E-state index in [4.69, 9.17) is 18.9 Å². The Morgan fingerprint density at radius 1 is 0.957 bits per heavy atom. The Bertz CT molecular complexity index is 711. The van der Waals surface area contributed by atoms with Gasteiger partial charge in [-0.2, -0.15) is 0 Å². The van der Waals surface area contributed by atoms with Crippen molar-refractivity contribution < 1.29 is 24.1 Å². The number of aromatic hydroxyl groups is 1. The van der Waals surface area contributed by atoms with Crippen molar-refractivity contribution in [3.63, 3.8) is 0 Å². The molecule has 1 unspecified atom stereocenters. The van der Waals surface area contributed by atoms with Crippen LogP contribution in [0.15, 0.2) is 30.3 Å². The number of benzene rings is 2. The molecule has 122 valence electrons. The maximum atomic E-state index is 9.55. The van der Waals surface area contributed by atoms with Gasteiger partial charge in [0, 0.05) is 23.6 Å². The Balaban J connectivity index is 1.97. The van der Waals surface area contributed by atoms with E-state index in [9.17, 15) is 5.11 Å². The van der Waals surface area contributed by atoms with Crippen LogP contribution in [0.2, 0.25) is 0 Å². The number of ether oxygens (including phenoxy) is 4. The maximum absolute atomic E-state index is 9.55. The molecule has 0 radical (unpaired) electrons. The number of hydrogen-bond acceptors (Lipinski definition) is 5. The molecule has 3 rings (SSSR count). The summed E-state index contributed by atoms with van der Waals surface area (Å²) in [6, 6.07) is 9.00. The Kier molecular flexibility index (Phi) is 4.19. The van der Waals surface area contributed by atoms with Crippen molar-refractivity contribution in [3.05, 3.63) is 41.5 Å². The van der Waals surface area contributed by atoms with E-state index in [1.807, 2.05) is 18.2 Å². The summed E-state index contributed by atoms with van der Waals surface area (Å²) in [5, 5.41) is 9.55. The third kappa shape index (κ3) is 2.86. The summed E-state index contributed by atoms with van der Waals surface area (Å²) in [5.74, 6) is 3.14. The lowest BCUT2D eigenvalue weighted by molar-refractivity contribution is 0.257. The second kappa shape index (κ2) is 6.28. The van der Waals surface area contributed by atoms with Crippen LogP contribution in [0.5, 0.6) is 28.7 Å². The van der Waals surface area contributed by atoms with Crippen LogP contribution in [0.4, 0.5) is 0 Å². The van der Waals surface area contributed by atoms with Gasteiger partial charge in [0.2, 0.25) is 0 Å². The summed E-state index contributed by atoms with van der Waals surface area (Å²) in [6.45, 7) is 0.516. The molecule has 1 atom stereocenters. The molecule has 1 aliphatic rings. The fourth-order valence-electron chi connectivity index (χ4n) is 2.93. The predicted octanol–water partition coefficient (Wildman–Crippen LogP) is 3.14. The maximum Gasteiger partial charge on any atom is 0.164 e. The lowest BCUT2D eigenvalue weighted by atomic mass is 9.89. The number of fused-ring (bicyclic) bond motifs is 1. The van der Waals surface area contributed by atoms with Crippen LogP contribution >= 0.6 is 0 Å². The topological polar surface area (TPSA) is 57.2 Å². The van der Waals surface area contributed by atoms with Crippen LogP contribution in [0.1, 0.15) is 17.0 Å². The van der Waals surface area contributed by atoms with Crippen LogP contribution in [-0.2, 0) is 6.42 Å². The van der Waals surface area contributed by atoms with Gasteiger partial charge < -0.3 is 24.1 Å². The second-order valence-electron chi connectivity index (χ2n) is 5.45. The molecule has 0 aliphatic carbocycles. The van der Waals surface area contributed by atoms with E-state index >= 15 is 0 Å². The Morgan fingerprint density at radius 3 is 2.35 bits per heavy atom. The minimum atomic E-state index is 0.141. The standard InChI is InChI=1S/C18H20O5/c1-20-16-9-18(22-3)17(21-2)8-14(16)12-6-11-4-5-13(19)7-15(11)23-10-12/h4-5,7-9,12,19H,6,10H2,1-3H3. The van der Waals surface area contributed by atoms with Crippen LogP contribution in [0.25, 0.3) is 0 Å². The van der Waals surface area contributed by atoms with Gasteiger partial charge in [-0.05, 0) is 24.1 Å². The first-order chi connectivity index (χ1) is 11.2. The van der Waals surface area contributed by atoms with Gasteiger partial charge in [-0.1, -0.05) is 6.07 Å². The molecule has 0 bridgehead atoms.